The molecule has 3 aromatic heterocycles. The van der Waals surface area contributed by atoms with Gasteiger partial charge in [0.15, 0.2) is 10.9 Å². The highest BCUT2D eigenvalue weighted by Crippen LogP contribution is 2.33. The Morgan fingerprint density at radius 3 is 2.59 bits per heavy atom. The first kappa shape index (κ1) is 22.0. The number of anilines is 1. The molecule has 1 fully saturated rings. The summed E-state index contributed by atoms with van der Waals surface area (Å²) in [5, 5.41) is 1.62. The highest BCUT2D eigenvalue weighted by molar-refractivity contribution is 7.93. The topological polar surface area (TPSA) is 119 Å². The molecule has 0 spiro atoms. The van der Waals surface area contributed by atoms with E-state index in [-0.39, 0.29) is 22.6 Å². The van der Waals surface area contributed by atoms with Gasteiger partial charge in [-0.15, -0.1) is 11.3 Å². The van der Waals surface area contributed by atoms with Gasteiger partial charge in [0.25, 0.3) is 0 Å². The molecule has 0 aliphatic heterocycles. The Morgan fingerprint density at radius 2 is 1.94 bits per heavy atom. The molecule has 3 aromatic rings. The molecule has 1 saturated carbocycles. The maximum Gasteiger partial charge on any atom is 0.237 e. The largest absolute Gasteiger partial charge is 0.298 e. The third-order valence-electron chi connectivity index (χ3n) is 5.24. The van der Waals surface area contributed by atoms with Crippen molar-refractivity contribution in [3.05, 3.63) is 59.2 Å². The summed E-state index contributed by atoms with van der Waals surface area (Å²) in [6, 6.07) is 1.70. The molecule has 4 rings (SSSR count). The zero-order chi connectivity index (χ0) is 22.9. The predicted molar refractivity (Wildman–Crippen MR) is 121 cm³/mol. The summed E-state index contributed by atoms with van der Waals surface area (Å²) in [5.41, 5.74) is 1.41. The van der Waals surface area contributed by atoms with E-state index in [1.165, 1.54) is 6.20 Å². The molecule has 0 amide bonds. The van der Waals surface area contributed by atoms with E-state index in [1.807, 2.05) is 0 Å². The lowest BCUT2D eigenvalue weighted by molar-refractivity contribution is -0.123. The summed E-state index contributed by atoms with van der Waals surface area (Å²) in [6.07, 6.45) is 7.64. The van der Waals surface area contributed by atoms with Gasteiger partial charge in [-0.1, -0.05) is 0 Å². The normalized spacial score (nSPS) is 14.0. The first-order valence-corrected chi connectivity index (χ1v) is 12.3. The maximum atomic E-state index is 13.0. The molecule has 0 atom stereocenters. The number of sulfonamides is 1. The Balaban J connectivity index is 1.45. The Morgan fingerprint density at radius 1 is 1.22 bits per heavy atom. The van der Waals surface area contributed by atoms with Crippen LogP contribution in [0.5, 0.6) is 0 Å². The molecule has 0 unspecified atom stereocenters. The lowest BCUT2D eigenvalue weighted by atomic mass is 9.83. The van der Waals surface area contributed by atoms with E-state index in [9.17, 15) is 13.2 Å². The number of hydrogen-bond acceptors (Lipinski definition) is 8. The number of nitrogens with zero attached hydrogens (tertiary/aromatic N) is 5. The van der Waals surface area contributed by atoms with Gasteiger partial charge in [-0.2, -0.15) is 0 Å². The van der Waals surface area contributed by atoms with Gasteiger partial charge in [-0.05, 0) is 38.3 Å². The summed E-state index contributed by atoms with van der Waals surface area (Å²) in [7, 11) is -3.40. The van der Waals surface area contributed by atoms with Crippen LogP contribution in [0, 0.1) is 6.57 Å². The molecule has 3 heterocycles. The van der Waals surface area contributed by atoms with E-state index in [2.05, 4.69) is 29.5 Å². The van der Waals surface area contributed by atoms with Crippen LogP contribution >= 0.6 is 11.3 Å². The first-order valence-electron chi connectivity index (χ1n) is 9.84. The van der Waals surface area contributed by atoms with E-state index >= 15 is 0 Å². The number of Topliss-reactive ketones (excluding diaryl/α,β-unsaturated/α-hetero) is 1. The van der Waals surface area contributed by atoms with Crippen molar-refractivity contribution in [2.45, 2.75) is 43.8 Å². The van der Waals surface area contributed by atoms with Gasteiger partial charge in [0.1, 0.15) is 5.82 Å². The molecule has 32 heavy (non-hydrogen) atoms. The molecule has 0 aromatic carbocycles. The Hall–Kier alpha value is -3.23. The SMILES string of the molecule is [C-]#[N+]c1cncc(-c2cnc(CC(=O)C(C)(C)c3csc(NS(=O)(=O)C4CC4)n3)nc2)c1. The second-order valence-corrected chi connectivity index (χ2v) is 10.9. The van der Waals surface area contributed by atoms with E-state index in [0.717, 1.165) is 16.9 Å². The van der Waals surface area contributed by atoms with Crippen LogP contribution in [0.25, 0.3) is 16.0 Å². The third-order valence-corrected chi connectivity index (χ3v) is 7.96. The Bertz CT molecular complexity index is 1310. The van der Waals surface area contributed by atoms with E-state index in [1.54, 1.807) is 43.9 Å². The van der Waals surface area contributed by atoms with Crippen LogP contribution in [0.1, 0.15) is 38.2 Å². The first-order chi connectivity index (χ1) is 15.2. The van der Waals surface area contributed by atoms with Crippen LogP contribution in [0.4, 0.5) is 10.8 Å². The lowest BCUT2D eigenvalue weighted by Crippen LogP contribution is -2.31. The number of carbonyl (C=O) groups is 1. The number of ketones is 1. The summed E-state index contributed by atoms with van der Waals surface area (Å²) in [6.45, 7) is 10.6. The van der Waals surface area contributed by atoms with Crippen molar-refractivity contribution >= 4 is 38.0 Å². The minimum atomic E-state index is -3.40. The molecular weight excluding hydrogens is 448 g/mol. The van der Waals surface area contributed by atoms with Gasteiger partial charge in [0.05, 0.1) is 29.4 Å². The van der Waals surface area contributed by atoms with E-state index < -0.39 is 15.4 Å². The van der Waals surface area contributed by atoms with Gasteiger partial charge in [0.2, 0.25) is 15.7 Å². The number of pyridine rings is 1. The van der Waals surface area contributed by atoms with Crippen molar-refractivity contribution < 1.29 is 13.2 Å². The van der Waals surface area contributed by atoms with Crippen molar-refractivity contribution in [1.29, 1.82) is 0 Å². The average Bonchev–Trinajstić information content (AvgIpc) is 3.54. The maximum absolute atomic E-state index is 13.0. The predicted octanol–water partition coefficient (Wildman–Crippen LogP) is 3.54. The van der Waals surface area contributed by atoms with Crippen LogP contribution in [0.15, 0.2) is 36.2 Å². The fourth-order valence-corrected chi connectivity index (χ4v) is 5.42. The number of aromatic nitrogens is 4. The molecular formula is C21H20N6O3S2. The summed E-state index contributed by atoms with van der Waals surface area (Å²) in [5.74, 6) is 0.231. The Kier molecular flexibility index (Phi) is 5.75. The molecule has 164 valence electrons. The van der Waals surface area contributed by atoms with Crippen molar-refractivity contribution in [1.82, 2.24) is 19.9 Å². The minimum absolute atomic E-state index is 0.00822. The molecule has 11 heteroatoms. The zero-order valence-corrected chi connectivity index (χ0v) is 19.1. The molecule has 0 saturated heterocycles. The number of hydrogen-bond donors (Lipinski definition) is 1. The van der Waals surface area contributed by atoms with Crippen LogP contribution in [0.3, 0.4) is 0 Å². The van der Waals surface area contributed by atoms with Gasteiger partial charge >= 0.3 is 0 Å². The standard InChI is InChI=1S/C21H20N6O3S2/c1-21(2,17-12-31-20(26-17)27-32(29,30)16-4-5-16)18(28)7-19-24-9-14(10-25-19)13-6-15(22-3)11-23-8-13/h6,8-12,16H,4-5,7H2,1-2H3,(H,26,27). The minimum Gasteiger partial charge on any atom is -0.298 e. The van der Waals surface area contributed by atoms with Crippen LogP contribution in [-0.4, -0.2) is 39.4 Å². The quantitative estimate of drug-likeness (QED) is 0.502. The van der Waals surface area contributed by atoms with Crippen LogP contribution in [0.2, 0.25) is 0 Å². The van der Waals surface area contributed by atoms with Gasteiger partial charge in [-0.3, -0.25) is 14.5 Å². The molecule has 9 nitrogen and oxygen atoms in total. The van der Waals surface area contributed by atoms with Crippen molar-refractivity contribution in [2.24, 2.45) is 0 Å². The zero-order valence-electron chi connectivity index (χ0n) is 17.4. The fraction of sp³-hybridized carbons (Fsp3) is 0.333. The highest BCUT2D eigenvalue weighted by Gasteiger charge is 2.37. The molecule has 0 radical (unpaired) electrons. The fourth-order valence-electron chi connectivity index (χ4n) is 2.94. The smallest absolute Gasteiger partial charge is 0.237 e. The van der Waals surface area contributed by atoms with E-state index in [4.69, 9.17) is 6.57 Å². The van der Waals surface area contributed by atoms with E-state index in [0.29, 0.717) is 35.6 Å². The van der Waals surface area contributed by atoms with Crippen molar-refractivity contribution in [3.8, 4) is 11.1 Å². The highest BCUT2D eigenvalue weighted by atomic mass is 32.2. The Labute approximate surface area is 189 Å². The number of thiazole rings is 1. The molecule has 1 aliphatic rings. The van der Waals surface area contributed by atoms with Crippen molar-refractivity contribution in [3.63, 3.8) is 0 Å². The number of nitrogens with one attached hydrogen (secondary N) is 1. The average molecular weight is 469 g/mol. The lowest BCUT2D eigenvalue weighted by Gasteiger charge is -2.20. The van der Waals surface area contributed by atoms with Gasteiger partial charge < -0.3 is 0 Å². The second-order valence-electron chi connectivity index (χ2n) is 8.04. The van der Waals surface area contributed by atoms with Crippen LogP contribution in [-0.2, 0) is 26.7 Å². The number of carbonyl (C=O) groups excluding carboxylic acids is 1. The van der Waals surface area contributed by atoms with Gasteiger partial charge in [-0.25, -0.2) is 28.2 Å². The monoisotopic (exact) mass is 468 g/mol. The van der Waals surface area contributed by atoms with Crippen LogP contribution < -0.4 is 4.72 Å². The number of rotatable bonds is 8. The molecule has 0 bridgehead atoms. The molecule has 1 N–H and O–H groups in total. The third kappa shape index (κ3) is 4.66. The second kappa shape index (κ2) is 8.37. The van der Waals surface area contributed by atoms with Gasteiger partial charge in [0, 0.05) is 35.7 Å². The molecule has 1 aliphatic carbocycles. The summed E-state index contributed by atoms with van der Waals surface area (Å²) in [4.78, 5) is 33.3. The van der Waals surface area contributed by atoms with Crippen molar-refractivity contribution in [2.75, 3.05) is 4.72 Å². The summed E-state index contributed by atoms with van der Waals surface area (Å²) < 4.78 is 26.7. The summed E-state index contributed by atoms with van der Waals surface area (Å²) >= 11 is 1.16.